The molecule has 2 aromatic heterocycles. The summed E-state index contributed by atoms with van der Waals surface area (Å²) < 4.78 is 58.1. The number of amides is 1. The zero-order chi connectivity index (χ0) is 23.8. The van der Waals surface area contributed by atoms with Crippen LogP contribution in [0, 0.1) is 0 Å². The van der Waals surface area contributed by atoms with Gasteiger partial charge in [-0.2, -0.15) is 13.2 Å². The number of hydrogen-bond acceptors (Lipinski definition) is 6. The van der Waals surface area contributed by atoms with Crippen LogP contribution in [0.1, 0.15) is 20.8 Å². The van der Waals surface area contributed by atoms with Gasteiger partial charge < -0.3 is 19.9 Å². The summed E-state index contributed by atoms with van der Waals surface area (Å²) in [7, 11) is 3.00. The Morgan fingerprint density at radius 2 is 1.79 bits per heavy atom. The van der Waals surface area contributed by atoms with Crippen LogP contribution in [-0.2, 0) is 12.8 Å². The lowest BCUT2D eigenvalue weighted by Crippen LogP contribution is -2.11. The van der Waals surface area contributed by atoms with Gasteiger partial charge in [0.05, 0.1) is 35.7 Å². The third-order valence-corrected chi connectivity index (χ3v) is 6.03. The second-order valence-electron chi connectivity index (χ2n) is 6.90. The molecule has 0 atom stereocenters. The van der Waals surface area contributed by atoms with Gasteiger partial charge >= 0.3 is 6.18 Å². The predicted octanol–water partition coefficient (Wildman–Crippen LogP) is 4.80. The molecular formula is C22H18F3N3O4S. The summed E-state index contributed by atoms with van der Waals surface area (Å²) in [6.45, 7) is -0.360. The monoisotopic (exact) mass is 477 g/mol. The maximum absolute atomic E-state index is 13.3. The molecule has 0 radical (unpaired) electrons. The van der Waals surface area contributed by atoms with Crippen molar-refractivity contribution in [2.45, 2.75) is 12.8 Å². The van der Waals surface area contributed by atoms with E-state index < -0.39 is 17.6 Å². The number of carbonyl (C=O) groups excluding carboxylic acids is 1. The highest BCUT2D eigenvalue weighted by atomic mass is 32.1. The molecule has 2 N–H and O–H groups in total. The number of halogens is 3. The van der Waals surface area contributed by atoms with Gasteiger partial charge in [-0.1, -0.05) is 18.2 Å². The molecule has 4 aromatic rings. The van der Waals surface area contributed by atoms with E-state index in [4.69, 9.17) is 19.9 Å². The Morgan fingerprint density at radius 1 is 1.09 bits per heavy atom. The van der Waals surface area contributed by atoms with E-state index in [1.165, 1.54) is 44.8 Å². The summed E-state index contributed by atoms with van der Waals surface area (Å²) in [6, 6.07) is 9.94. The van der Waals surface area contributed by atoms with Crippen molar-refractivity contribution < 1.29 is 32.2 Å². The largest absolute Gasteiger partial charge is 0.493 e. The number of thiophene rings is 1. The molecule has 2 heterocycles. The molecule has 4 rings (SSSR count). The smallest absolute Gasteiger partial charge is 0.416 e. The fourth-order valence-corrected chi connectivity index (χ4v) is 4.27. The van der Waals surface area contributed by atoms with Crippen molar-refractivity contribution in [2.75, 3.05) is 14.2 Å². The fourth-order valence-electron chi connectivity index (χ4n) is 3.33. The zero-order valence-electron chi connectivity index (χ0n) is 17.5. The molecule has 11 heteroatoms. The Morgan fingerprint density at radius 3 is 2.45 bits per heavy atom. The van der Waals surface area contributed by atoms with Crippen LogP contribution in [0.4, 0.5) is 13.2 Å². The van der Waals surface area contributed by atoms with Gasteiger partial charge in [0.25, 0.3) is 5.91 Å². The van der Waals surface area contributed by atoms with E-state index >= 15 is 0 Å². The number of imidazole rings is 1. The number of benzene rings is 2. The maximum Gasteiger partial charge on any atom is 0.416 e. The zero-order valence-corrected chi connectivity index (χ0v) is 18.3. The molecule has 1 amide bonds. The standard InChI is InChI=1S/C22H18F3N3O4S/c1-30-16-7-14-15(8-17(16)31-2)28(11-27-14)21-18(9-19(33-21)20(26)29)32-10-12-5-3-4-6-13(12)22(23,24)25/h3-9,11H,10H2,1-2H3,(H2,26,29). The lowest BCUT2D eigenvalue weighted by molar-refractivity contribution is -0.138. The third kappa shape index (κ3) is 4.31. The minimum absolute atomic E-state index is 0.0373. The summed E-state index contributed by atoms with van der Waals surface area (Å²) in [4.78, 5) is 16.3. The Bertz CT molecular complexity index is 1330. The number of alkyl halides is 3. The first-order valence-corrected chi connectivity index (χ1v) is 10.4. The minimum atomic E-state index is -4.52. The molecule has 0 saturated carbocycles. The van der Waals surface area contributed by atoms with Gasteiger partial charge in [-0.3, -0.25) is 9.36 Å². The van der Waals surface area contributed by atoms with E-state index in [0.717, 1.165) is 17.4 Å². The van der Waals surface area contributed by atoms with E-state index in [2.05, 4.69) is 4.98 Å². The minimum Gasteiger partial charge on any atom is -0.493 e. The number of primary amides is 1. The SMILES string of the molecule is COc1cc2ncn(-c3sc(C(N)=O)cc3OCc3ccccc3C(F)(F)F)c2cc1OC. The van der Waals surface area contributed by atoms with Gasteiger partial charge in [0.2, 0.25) is 0 Å². The maximum atomic E-state index is 13.3. The van der Waals surface area contributed by atoms with Crippen LogP contribution in [0.25, 0.3) is 16.0 Å². The van der Waals surface area contributed by atoms with Crippen LogP contribution >= 0.6 is 11.3 Å². The number of nitrogens with two attached hydrogens (primary N) is 1. The highest BCUT2D eigenvalue weighted by Crippen LogP contribution is 2.39. The van der Waals surface area contributed by atoms with E-state index in [0.29, 0.717) is 27.5 Å². The number of nitrogens with zero attached hydrogens (tertiary/aromatic N) is 2. The lowest BCUT2D eigenvalue weighted by atomic mass is 10.1. The molecule has 0 spiro atoms. The van der Waals surface area contributed by atoms with Crippen LogP contribution in [-0.4, -0.2) is 29.7 Å². The van der Waals surface area contributed by atoms with Gasteiger partial charge in [0.15, 0.2) is 17.2 Å². The van der Waals surface area contributed by atoms with Gasteiger partial charge in [0.1, 0.15) is 17.9 Å². The van der Waals surface area contributed by atoms with Crippen LogP contribution in [0.2, 0.25) is 0 Å². The normalized spacial score (nSPS) is 11.5. The third-order valence-electron chi connectivity index (χ3n) is 4.90. The second kappa shape index (κ2) is 8.66. The summed E-state index contributed by atoms with van der Waals surface area (Å²) in [6.07, 6.45) is -3.01. The number of rotatable bonds is 7. The van der Waals surface area contributed by atoms with Gasteiger partial charge in [-0.15, -0.1) is 11.3 Å². The van der Waals surface area contributed by atoms with Crippen molar-refractivity contribution in [2.24, 2.45) is 5.73 Å². The molecular weight excluding hydrogens is 459 g/mol. The summed E-state index contributed by atoms with van der Waals surface area (Å²) in [5.74, 6) is 0.454. The van der Waals surface area contributed by atoms with E-state index in [-0.39, 0.29) is 22.8 Å². The number of fused-ring (bicyclic) bond motifs is 1. The van der Waals surface area contributed by atoms with Gasteiger partial charge in [-0.05, 0) is 6.07 Å². The molecule has 0 aliphatic carbocycles. The topological polar surface area (TPSA) is 88.6 Å². The van der Waals surface area contributed by atoms with Crippen molar-refractivity contribution in [1.82, 2.24) is 9.55 Å². The average Bonchev–Trinajstić information content (AvgIpc) is 3.39. The van der Waals surface area contributed by atoms with Crippen LogP contribution < -0.4 is 19.9 Å². The molecule has 0 saturated heterocycles. The molecule has 33 heavy (non-hydrogen) atoms. The Labute approximate surface area is 190 Å². The van der Waals surface area contributed by atoms with Crippen molar-refractivity contribution in [3.63, 3.8) is 0 Å². The second-order valence-corrected chi connectivity index (χ2v) is 7.93. The molecule has 7 nitrogen and oxygen atoms in total. The van der Waals surface area contributed by atoms with Crippen LogP contribution in [0.5, 0.6) is 17.2 Å². The summed E-state index contributed by atoms with van der Waals surface area (Å²) in [5.41, 5.74) is 5.81. The van der Waals surface area contributed by atoms with Crippen molar-refractivity contribution >= 4 is 28.3 Å². The summed E-state index contributed by atoms with van der Waals surface area (Å²) in [5, 5.41) is 0.433. The van der Waals surface area contributed by atoms with Gasteiger partial charge in [-0.25, -0.2) is 4.98 Å². The molecule has 172 valence electrons. The van der Waals surface area contributed by atoms with Crippen LogP contribution in [0.15, 0.2) is 48.8 Å². The van der Waals surface area contributed by atoms with E-state index in [9.17, 15) is 18.0 Å². The van der Waals surface area contributed by atoms with Crippen molar-refractivity contribution in [1.29, 1.82) is 0 Å². The molecule has 0 unspecified atom stereocenters. The average molecular weight is 477 g/mol. The van der Waals surface area contributed by atoms with Gasteiger partial charge in [0, 0.05) is 23.8 Å². The van der Waals surface area contributed by atoms with Crippen molar-refractivity contribution in [3.05, 3.63) is 64.8 Å². The molecule has 0 bridgehead atoms. The first-order chi connectivity index (χ1) is 15.7. The number of aromatic nitrogens is 2. The first-order valence-electron chi connectivity index (χ1n) is 9.54. The molecule has 0 aliphatic heterocycles. The number of methoxy groups -OCH3 is 2. The fraction of sp³-hybridized carbons (Fsp3) is 0.182. The highest BCUT2D eigenvalue weighted by Gasteiger charge is 2.33. The number of ether oxygens (including phenoxy) is 3. The Balaban J connectivity index is 1.77. The predicted molar refractivity (Wildman–Crippen MR) is 116 cm³/mol. The lowest BCUT2D eigenvalue weighted by Gasteiger charge is -2.14. The number of carbonyl (C=O) groups is 1. The van der Waals surface area contributed by atoms with E-state index in [1.807, 2.05) is 0 Å². The van der Waals surface area contributed by atoms with Crippen molar-refractivity contribution in [3.8, 4) is 22.2 Å². The summed E-state index contributed by atoms with van der Waals surface area (Å²) >= 11 is 1.04. The van der Waals surface area contributed by atoms with E-state index in [1.54, 1.807) is 16.7 Å². The first kappa shape index (κ1) is 22.5. The number of hydrogen-bond donors (Lipinski definition) is 1. The quantitative estimate of drug-likeness (QED) is 0.413. The molecule has 0 aliphatic rings. The molecule has 2 aromatic carbocycles. The Hall–Kier alpha value is -3.73. The highest BCUT2D eigenvalue weighted by molar-refractivity contribution is 7.16. The Kier molecular flexibility index (Phi) is 5.90. The molecule has 0 fully saturated rings. The van der Waals surface area contributed by atoms with Crippen LogP contribution in [0.3, 0.4) is 0 Å².